The van der Waals surface area contributed by atoms with E-state index in [0.29, 0.717) is 38.7 Å². The molecule has 5 aromatic rings. The molecule has 31 heavy (non-hydrogen) atoms. The lowest BCUT2D eigenvalue weighted by Crippen LogP contribution is -1.99. The zero-order chi connectivity index (χ0) is 21.5. The maximum absolute atomic E-state index is 11.1. The number of non-ortho nitro benzene ring substituents is 1. The summed E-state index contributed by atoms with van der Waals surface area (Å²) in [6.45, 7) is 0. The highest BCUT2D eigenvalue weighted by molar-refractivity contribution is 6.30. The number of halogens is 1. The third-order valence-electron chi connectivity index (χ3n) is 5.01. The van der Waals surface area contributed by atoms with Gasteiger partial charge in [-0.1, -0.05) is 29.8 Å². The van der Waals surface area contributed by atoms with Crippen molar-refractivity contribution in [3.63, 3.8) is 0 Å². The Labute approximate surface area is 180 Å². The number of aromatic amines is 1. The molecule has 9 heteroatoms. The lowest BCUT2D eigenvalue weighted by Gasteiger charge is -2.11. The number of aromatic nitrogens is 4. The van der Waals surface area contributed by atoms with Crippen molar-refractivity contribution in [2.45, 2.75) is 0 Å². The van der Waals surface area contributed by atoms with Gasteiger partial charge in [0.15, 0.2) is 0 Å². The van der Waals surface area contributed by atoms with Crippen molar-refractivity contribution in [1.29, 1.82) is 0 Å². The van der Waals surface area contributed by atoms with Crippen LogP contribution in [-0.4, -0.2) is 29.8 Å². The molecular formula is C22H14ClN5O3. The lowest BCUT2D eigenvalue weighted by molar-refractivity contribution is -0.384. The van der Waals surface area contributed by atoms with Crippen molar-refractivity contribution in [2.75, 3.05) is 0 Å². The first kappa shape index (κ1) is 18.8. The van der Waals surface area contributed by atoms with E-state index < -0.39 is 4.92 Å². The summed E-state index contributed by atoms with van der Waals surface area (Å²) >= 11 is 6.03. The Kier molecular flexibility index (Phi) is 4.41. The van der Waals surface area contributed by atoms with Gasteiger partial charge in [0.1, 0.15) is 17.0 Å². The second-order valence-electron chi connectivity index (χ2n) is 6.83. The standard InChI is InChI=1S/C22H14ClN5O3/c23-15-8-4-13(5-9-15)19-18-20(26-25-19)22(29)27(17-3-1-2-12-24-17)21(18)14-6-10-16(11-7-14)28(30)31/h1-12,26,29H. The number of hydrogen-bond acceptors (Lipinski definition) is 5. The van der Waals surface area contributed by atoms with E-state index >= 15 is 0 Å². The number of nitro groups is 1. The van der Waals surface area contributed by atoms with Gasteiger partial charge in [0.05, 0.1) is 16.0 Å². The van der Waals surface area contributed by atoms with E-state index in [1.807, 2.05) is 18.2 Å². The SMILES string of the molecule is O=[N+]([O-])c1ccc(-c2c3c(-c4ccc(Cl)cc4)n[nH]c3c(O)n2-c2ccccn2)cc1. The Morgan fingerprint density at radius 3 is 2.35 bits per heavy atom. The first-order valence-electron chi connectivity index (χ1n) is 9.28. The fraction of sp³-hybridized carbons (Fsp3) is 0. The van der Waals surface area contributed by atoms with Crippen LogP contribution < -0.4 is 0 Å². The maximum atomic E-state index is 11.1. The van der Waals surface area contributed by atoms with Gasteiger partial charge in [-0.2, -0.15) is 5.10 Å². The van der Waals surface area contributed by atoms with Crippen LogP contribution in [0.5, 0.6) is 5.88 Å². The number of rotatable bonds is 4. The second kappa shape index (κ2) is 7.26. The third-order valence-corrected chi connectivity index (χ3v) is 5.26. The smallest absolute Gasteiger partial charge is 0.269 e. The Morgan fingerprint density at radius 1 is 1.00 bits per heavy atom. The van der Waals surface area contributed by atoms with Crippen molar-refractivity contribution in [1.82, 2.24) is 19.7 Å². The Bertz CT molecular complexity index is 1410. The molecule has 152 valence electrons. The van der Waals surface area contributed by atoms with Crippen molar-refractivity contribution in [3.8, 4) is 34.2 Å². The predicted octanol–water partition coefficient (Wildman–Crippen LogP) is 5.35. The predicted molar refractivity (Wildman–Crippen MR) is 117 cm³/mol. The van der Waals surface area contributed by atoms with Crippen LogP contribution in [0.1, 0.15) is 0 Å². The fourth-order valence-electron chi connectivity index (χ4n) is 3.60. The van der Waals surface area contributed by atoms with E-state index in [1.54, 1.807) is 47.2 Å². The van der Waals surface area contributed by atoms with E-state index in [-0.39, 0.29) is 11.6 Å². The molecule has 5 rings (SSSR count). The van der Waals surface area contributed by atoms with Gasteiger partial charge in [-0.05, 0) is 42.0 Å². The normalized spacial score (nSPS) is 11.1. The number of aromatic hydroxyl groups is 1. The Morgan fingerprint density at radius 2 is 1.71 bits per heavy atom. The minimum atomic E-state index is -0.453. The third kappa shape index (κ3) is 3.10. The number of hydrogen-bond donors (Lipinski definition) is 2. The molecule has 0 saturated carbocycles. The molecule has 8 nitrogen and oxygen atoms in total. The summed E-state index contributed by atoms with van der Waals surface area (Å²) in [6, 6.07) is 18.7. The lowest BCUT2D eigenvalue weighted by atomic mass is 10.0. The Hall–Kier alpha value is -4.17. The van der Waals surface area contributed by atoms with Gasteiger partial charge in [-0.3, -0.25) is 19.8 Å². The van der Waals surface area contributed by atoms with E-state index in [4.69, 9.17) is 11.6 Å². The summed E-state index contributed by atoms with van der Waals surface area (Å²) in [6.07, 6.45) is 1.63. The molecule has 2 aromatic carbocycles. The van der Waals surface area contributed by atoms with E-state index in [9.17, 15) is 15.2 Å². The van der Waals surface area contributed by atoms with Crippen LogP contribution in [0.3, 0.4) is 0 Å². The van der Waals surface area contributed by atoms with Crippen LogP contribution in [0.2, 0.25) is 5.02 Å². The summed E-state index contributed by atoms with van der Waals surface area (Å²) in [7, 11) is 0. The molecule has 0 spiro atoms. The van der Waals surface area contributed by atoms with Crippen LogP contribution in [0.4, 0.5) is 5.69 Å². The number of pyridine rings is 1. The molecule has 0 aliphatic carbocycles. The van der Waals surface area contributed by atoms with Crippen LogP contribution in [0.15, 0.2) is 72.9 Å². The molecule has 0 aliphatic rings. The van der Waals surface area contributed by atoms with Crippen LogP contribution in [0, 0.1) is 10.1 Å². The van der Waals surface area contributed by atoms with Gasteiger partial charge in [0.25, 0.3) is 5.69 Å². The quantitative estimate of drug-likeness (QED) is 0.294. The highest BCUT2D eigenvalue weighted by Crippen LogP contribution is 2.43. The largest absolute Gasteiger partial charge is 0.493 e. The number of nitro benzene ring substituents is 1. The second-order valence-corrected chi connectivity index (χ2v) is 7.27. The number of H-pyrrole nitrogens is 1. The van der Waals surface area contributed by atoms with Gasteiger partial charge >= 0.3 is 0 Å². The number of nitrogens with zero attached hydrogens (tertiary/aromatic N) is 4. The minimum Gasteiger partial charge on any atom is -0.493 e. The molecule has 0 atom stereocenters. The molecule has 0 bridgehead atoms. The Balaban J connectivity index is 1.84. The van der Waals surface area contributed by atoms with Crippen LogP contribution in [-0.2, 0) is 0 Å². The average molecular weight is 432 g/mol. The molecule has 0 saturated heterocycles. The molecule has 0 amide bonds. The number of benzene rings is 2. The first-order chi connectivity index (χ1) is 15.0. The highest BCUT2D eigenvalue weighted by Gasteiger charge is 2.25. The van der Waals surface area contributed by atoms with Gasteiger partial charge in [-0.15, -0.1) is 0 Å². The zero-order valence-corrected chi connectivity index (χ0v) is 16.6. The summed E-state index contributed by atoms with van der Waals surface area (Å²) in [5, 5.41) is 30.7. The summed E-state index contributed by atoms with van der Waals surface area (Å²) in [5.74, 6) is 0.440. The number of nitrogens with one attached hydrogen (secondary N) is 1. The topological polar surface area (TPSA) is 110 Å². The van der Waals surface area contributed by atoms with Crippen molar-refractivity contribution >= 4 is 28.2 Å². The highest BCUT2D eigenvalue weighted by atomic mass is 35.5. The van der Waals surface area contributed by atoms with Gasteiger partial charge in [0, 0.05) is 28.9 Å². The van der Waals surface area contributed by atoms with Crippen molar-refractivity contribution in [2.24, 2.45) is 0 Å². The van der Waals surface area contributed by atoms with E-state index in [0.717, 1.165) is 5.56 Å². The average Bonchev–Trinajstić information content (AvgIpc) is 3.34. The molecule has 0 aliphatic heterocycles. The van der Waals surface area contributed by atoms with Crippen LogP contribution >= 0.6 is 11.6 Å². The molecule has 0 radical (unpaired) electrons. The van der Waals surface area contributed by atoms with Crippen molar-refractivity contribution in [3.05, 3.63) is 88.1 Å². The molecular weight excluding hydrogens is 418 g/mol. The molecule has 2 N–H and O–H groups in total. The minimum absolute atomic E-state index is 0.0229. The summed E-state index contributed by atoms with van der Waals surface area (Å²) < 4.78 is 1.60. The van der Waals surface area contributed by atoms with Gasteiger partial charge in [-0.25, -0.2) is 4.98 Å². The van der Waals surface area contributed by atoms with E-state index in [1.165, 1.54) is 12.1 Å². The summed E-state index contributed by atoms with van der Waals surface area (Å²) in [4.78, 5) is 15.0. The van der Waals surface area contributed by atoms with Crippen LogP contribution in [0.25, 0.3) is 39.2 Å². The monoisotopic (exact) mass is 431 g/mol. The van der Waals surface area contributed by atoms with Gasteiger partial charge in [0.2, 0.25) is 5.88 Å². The first-order valence-corrected chi connectivity index (χ1v) is 9.66. The van der Waals surface area contributed by atoms with Gasteiger partial charge < -0.3 is 5.11 Å². The summed E-state index contributed by atoms with van der Waals surface area (Å²) in [5.41, 5.74) is 3.11. The molecule has 3 heterocycles. The fourth-order valence-corrected chi connectivity index (χ4v) is 3.73. The molecule has 3 aromatic heterocycles. The van der Waals surface area contributed by atoms with E-state index in [2.05, 4.69) is 15.2 Å². The van der Waals surface area contributed by atoms with Crippen molar-refractivity contribution < 1.29 is 10.0 Å². The number of fused-ring (bicyclic) bond motifs is 1. The molecule has 0 fully saturated rings. The molecule has 0 unspecified atom stereocenters. The zero-order valence-electron chi connectivity index (χ0n) is 15.9. The maximum Gasteiger partial charge on any atom is 0.269 e.